The molecule has 0 radical (unpaired) electrons. The number of aliphatic hydroxyl groups excluding tert-OH is 1. The number of aromatic nitrogens is 1. The topological polar surface area (TPSA) is 83.5 Å². The van der Waals surface area contributed by atoms with Crippen LogP contribution < -0.4 is 15.4 Å². The van der Waals surface area contributed by atoms with Gasteiger partial charge in [0.15, 0.2) is 0 Å². The van der Waals surface area contributed by atoms with E-state index < -0.39 is 17.8 Å². The molecule has 1 fully saturated rings. The summed E-state index contributed by atoms with van der Waals surface area (Å²) in [5.41, 5.74) is 0.0272. The number of carbonyl (C=O) groups is 1. The maximum atomic E-state index is 12.7. The number of rotatable bonds is 4. The van der Waals surface area contributed by atoms with Crippen molar-refractivity contribution in [2.75, 3.05) is 12.4 Å². The summed E-state index contributed by atoms with van der Waals surface area (Å²) < 4.78 is 43.2. The first-order chi connectivity index (χ1) is 14.3. The summed E-state index contributed by atoms with van der Waals surface area (Å²) in [5, 5.41) is 13.7. The van der Waals surface area contributed by atoms with E-state index >= 15 is 0 Å². The van der Waals surface area contributed by atoms with E-state index in [1.807, 2.05) is 6.07 Å². The number of nitrogens with zero attached hydrogens (tertiary/aromatic N) is 1. The van der Waals surface area contributed by atoms with Crippen LogP contribution in [0.25, 0.3) is 0 Å². The number of hydrogen-bond acceptors (Lipinski definition) is 4. The standard InChI is InChI=1S/C15H19F3N2O2.C6H7NO/c1-22-13-8-7-10(15(16,17)18)9-12(13)20-14(21)19-11-5-3-2-4-6-11;8-5-6-2-1-3-7-4-6/h7-9,11H,2-6H2,1H3,(H2,19,20,21);1-4,8H,5H2. The molecule has 164 valence electrons. The molecule has 1 heterocycles. The van der Waals surface area contributed by atoms with E-state index in [4.69, 9.17) is 9.84 Å². The summed E-state index contributed by atoms with van der Waals surface area (Å²) in [7, 11) is 1.34. The number of amides is 2. The van der Waals surface area contributed by atoms with Gasteiger partial charge in [0.2, 0.25) is 0 Å². The van der Waals surface area contributed by atoms with Crippen molar-refractivity contribution in [2.45, 2.75) is 50.9 Å². The summed E-state index contributed by atoms with van der Waals surface area (Å²) in [5.74, 6) is 0.187. The minimum absolute atomic E-state index is 0.00522. The van der Waals surface area contributed by atoms with Gasteiger partial charge in [-0.1, -0.05) is 25.3 Å². The van der Waals surface area contributed by atoms with Crippen LogP contribution in [0.1, 0.15) is 43.2 Å². The van der Waals surface area contributed by atoms with Gasteiger partial charge in [0.25, 0.3) is 0 Å². The molecule has 3 rings (SSSR count). The molecule has 0 spiro atoms. The highest BCUT2D eigenvalue weighted by Crippen LogP contribution is 2.34. The number of halogens is 3. The second-order valence-corrected chi connectivity index (χ2v) is 6.87. The van der Waals surface area contributed by atoms with Crippen molar-refractivity contribution < 1.29 is 27.8 Å². The fraction of sp³-hybridized carbons (Fsp3) is 0.429. The second-order valence-electron chi connectivity index (χ2n) is 6.87. The number of methoxy groups -OCH3 is 1. The van der Waals surface area contributed by atoms with Crippen molar-refractivity contribution in [3.63, 3.8) is 0 Å². The lowest BCUT2D eigenvalue weighted by Crippen LogP contribution is -2.39. The minimum Gasteiger partial charge on any atom is -0.495 e. The molecule has 2 amide bonds. The zero-order valence-corrected chi connectivity index (χ0v) is 16.7. The summed E-state index contributed by atoms with van der Waals surface area (Å²) in [6.45, 7) is 0.0772. The van der Waals surface area contributed by atoms with E-state index in [1.165, 1.54) is 13.2 Å². The van der Waals surface area contributed by atoms with Gasteiger partial charge in [-0.2, -0.15) is 13.2 Å². The Hall–Kier alpha value is -2.81. The van der Waals surface area contributed by atoms with Crippen molar-refractivity contribution in [1.82, 2.24) is 10.3 Å². The molecule has 9 heteroatoms. The van der Waals surface area contributed by atoms with Crippen LogP contribution in [-0.2, 0) is 12.8 Å². The average Bonchev–Trinajstić information content (AvgIpc) is 2.74. The number of alkyl halides is 3. The first-order valence-electron chi connectivity index (χ1n) is 9.66. The molecule has 0 saturated heterocycles. The van der Waals surface area contributed by atoms with Crippen molar-refractivity contribution in [1.29, 1.82) is 0 Å². The smallest absolute Gasteiger partial charge is 0.416 e. The second kappa shape index (κ2) is 11.4. The highest BCUT2D eigenvalue weighted by molar-refractivity contribution is 5.91. The van der Waals surface area contributed by atoms with E-state index in [1.54, 1.807) is 18.5 Å². The van der Waals surface area contributed by atoms with Gasteiger partial charge in [-0.25, -0.2) is 4.79 Å². The van der Waals surface area contributed by atoms with Gasteiger partial charge in [-0.15, -0.1) is 0 Å². The van der Waals surface area contributed by atoms with E-state index in [2.05, 4.69) is 15.6 Å². The van der Waals surface area contributed by atoms with Crippen molar-refractivity contribution in [2.24, 2.45) is 0 Å². The number of pyridine rings is 1. The maximum Gasteiger partial charge on any atom is 0.416 e. The Bertz CT molecular complexity index is 795. The Morgan fingerprint density at radius 3 is 2.50 bits per heavy atom. The first-order valence-corrected chi connectivity index (χ1v) is 9.66. The molecule has 1 saturated carbocycles. The highest BCUT2D eigenvalue weighted by atomic mass is 19.4. The van der Waals surface area contributed by atoms with Gasteiger partial charge in [0.1, 0.15) is 5.75 Å². The molecule has 1 aliphatic carbocycles. The van der Waals surface area contributed by atoms with Crippen LogP contribution in [-0.4, -0.2) is 29.3 Å². The first kappa shape index (κ1) is 23.5. The van der Waals surface area contributed by atoms with E-state index in [0.717, 1.165) is 49.8 Å². The van der Waals surface area contributed by atoms with E-state index in [0.29, 0.717) is 0 Å². The zero-order valence-electron chi connectivity index (χ0n) is 16.7. The third-order valence-corrected chi connectivity index (χ3v) is 4.62. The molecule has 1 aliphatic rings. The molecule has 30 heavy (non-hydrogen) atoms. The number of carbonyl (C=O) groups excluding carboxylic acids is 1. The molecule has 0 bridgehead atoms. The molecule has 0 unspecified atom stereocenters. The third-order valence-electron chi connectivity index (χ3n) is 4.62. The molecule has 2 aromatic rings. The monoisotopic (exact) mass is 425 g/mol. The van der Waals surface area contributed by atoms with Crippen LogP contribution in [0, 0.1) is 0 Å². The van der Waals surface area contributed by atoms with Crippen LogP contribution in [0.5, 0.6) is 5.75 Å². The Morgan fingerprint density at radius 2 is 1.97 bits per heavy atom. The average molecular weight is 425 g/mol. The molecule has 3 N–H and O–H groups in total. The SMILES string of the molecule is COc1ccc(C(F)(F)F)cc1NC(=O)NC1CCCCC1.OCc1cccnc1. The Labute approximate surface area is 173 Å². The van der Waals surface area contributed by atoms with E-state index in [-0.39, 0.29) is 24.1 Å². The fourth-order valence-electron chi connectivity index (χ4n) is 3.06. The number of ether oxygens (including phenoxy) is 1. The van der Waals surface area contributed by atoms with Gasteiger partial charge in [0, 0.05) is 18.4 Å². The predicted molar refractivity (Wildman–Crippen MR) is 107 cm³/mol. The van der Waals surface area contributed by atoms with Gasteiger partial charge in [-0.3, -0.25) is 4.98 Å². The van der Waals surface area contributed by atoms with Gasteiger partial charge < -0.3 is 20.5 Å². The Morgan fingerprint density at radius 1 is 1.23 bits per heavy atom. The number of urea groups is 1. The van der Waals surface area contributed by atoms with E-state index in [9.17, 15) is 18.0 Å². The van der Waals surface area contributed by atoms with Crippen LogP contribution in [0.15, 0.2) is 42.7 Å². The summed E-state index contributed by atoms with van der Waals surface area (Å²) in [6.07, 6.45) is 3.90. The molecular formula is C21H26F3N3O3. The lowest BCUT2D eigenvalue weighted by Gasteiger charge is -2.23. The fourth-order valence-corrected chi connectivity index (χ4v) is 3.06. The number of nitrogens with one attached hydrogen (secondary N) is 2. The highest BCUT2D eigenvalue weighted by Gasteiger charge is 2.31. The molecule has 1 aromatic heterocycles. The van der Waals surface area contributed by atoms with Crippen molar-refractivity contribution >= 4 is 11.7 Å². The molecule has 0 aliphatic heterocycles. The Kier molecular flexibility index (Phi) is 8.91. The zero-order chi connectivity index (χ0) is 22.0. The van der Waals surface area contributed by atoms with Crippen molar-refractivity contribution in [3.8, 4) is 5.75 Å². The predicted octanol–water partition coefficient (Wildman–Crippen LogP) is 4.74. The quantitative estimate of drug-likeness (QED) is 0.661. The van der Waals surface area contributed by atoms with Gasteiger partial charge >= 0.3 is 12.2 Å². The minimum atomic E-state index is -4.47. The molecule has 0 atom stereocenters. The molecular weight excluding hydrogens is 399 g/mol. The van der Waals surface area contributed by atoms with Crippen LogP contribution in [0.2, 0.25) is 0 Å². The lowest BCUT2D eigenvalue weighted by atomic mass is 9.96. The number of anilines is 1. The number of aliphatic hydroxyl groups is 1. The summed E-state index contributed by atoms with van der Waals surface area (Å²) in [6, 6.07) is 6.18. The normalized spacial score (nSPS) is 14.3. The van der Waals surface area contributed by atoms with Crippen LogP contribution in [0.3, 0.4) is 0 Å². The van der Waals surface area contributed by atoms with Gasteiger partial charge in [0.05, 0.1) is 25.0 Å². The maximum absolute atomic E-state index is 12.7. The lowest BCUT2D eigenvalue weighted by molar-refractivity contribution is -0.137. The Balaban J connectivity index is 0.000000335. The molecule has 6 nitrogen and oxygen atoms in total. The number of hydrogen-bond donors (Lipinski definition) is 3. The van der Waals surface area contributed by atoms with Crippen LogP contribution >= 0.6 is 0 Å². The van der Waals surface area contributed by atoms with Crippen molar-refractivity contribution in [3.05, 3.63) is 53.9 Å². The number of benzene rings is 1. The summed E-state index contributed by atoms with van der Waals surface area (Å²) >= 11 is 0. The van der Waals surface area contributed by atoms with Crippen LogP contribution in [0.4, 0.5) is 23.7 Å². The largest absolute Gasteiger partial charge is 0.495 e. The van der Waals surface area contributed by atoms with Gasteiger partial charge in [-0.05, 0) is 42.7 Å². The summed E-state index contributed by atoms with van der Waals surface area (Å²) in [4.78, 5) is 15.7. The molecule has 1 aromatic carbocycles. The third kappa shape index (κ3) is 7.55.